The first-order valence-electron chi connectivity index (χ1n) is 23.7. The Morgan fingerprint density at radius 3 is 1.93 bits per heavy atom. The van der Waals surface area contributed by atoms with Gasteiger partial charge in [0.05, 0.1) is 13.2 Å². The van der Waals surface area contributed by atoms with Crippen LogP contribution in [0.3, 0.4) is 0 Å². The average molecular weight is 1110 g/mol. The average Bonchev–Trinajstić information content (AvgIpc) is 3.32. The molecule has 0 radical (unpaired) electrons. The number of hydrogen-bond acceptors (Lipinski definition) is 18. The van der Waals surface area contributed by atoms with Gasteiger partial charge in [-0.2, -0.15) is 0 Å². The van der Waals surface area contributed by atoms with Crippen molar-refractivity contribution in [2.75, 3.05) is 39.6 Å². The number of rotatable bonds is 25. The van der Waals surface area contributed by atoms with E-state index in [1.54, 1.807) is 24.3 Å². The molecular formula is C49H69Cl3N2O18Si. The summed E-state index contributed by atoms with van der Waals surface area (Å²) in [4.78, 5) is 64.1. The van der Waals surface area contributed by atoms with Crippen molar-refractivity contribution in [3.05, 3.63) is 84.4 Å². The first-order chi connectivity index (χ1) is 34.5. The minimum absolute atomic E-state index is 0.0458. The quantitative estimate of drug-likeness (QED) is 0.0217. The summed E-state index contributed by atoms with van der Waals surface area (Å²) in [6.07, 6.45) is -13.2. The van der Waals surface area contributed by atoms with E-state index in [-0.39, 0.29) is 38.1 Å². The molecule has 0 bridgehead atoms. The van der Waals surface area contributed by atoms with Crippen LogP contribution in [0.5, 0.6) is 0 Å². The lowest BCUT2D eigenvalue weighted by molar-refractivity contribution is -0.352. The van der Waals surface area contributed by atoms with Crippen LogP contribution < -0.4 is 10.6 Å². The van der Waals surface area contributed by atoms with E-state index in [1.165, 1.54) is 6.08 Å². The van der Waals surface area contributed by atoms with Crippen LogP contribution in [0.25, 0.3) is 0 Å². The molecule has 408 valence electrons. The van der Waals surface area contributed by atoms with Crippen molar-refractivity contribution < 1.29 is 85.6 Å². The van der Waals surface area contributed by atoms with Crippen molar-refractivity contribution in [1.29, 1.82) is 0 Å². The second-order valence-electron chi connectivity index (χ2n) is 18.6. The Morgan fingerprint density at radius 1 is 0.726 bits per heavy atom. The van der Waals surface area contributed by atoms with Gasteiger partial charge in [-0.05, 0) is 48.5 Å². The maximum absolute atomic E-state index is 13.3. The number of unbranched alkanes of at least 4 members (excludes halogenated alkanes) is 2. The molecule has 2 fully saturated rings. The number of nitrogens with one attached hydrogen (secondary N) is 2. The maximum Gasteiger partial charge on any atom is 0.508 e. The second-order valence-corrected chi connectivity index (χ2v) is 25.9. The SMILES string of the molecule is C=CCOC(=O)OC[C@H]1O[C@@H](O[C@H]2[C@H](O)[C@@H](NC(=O)OCC(Cl)(Cl)Cl)[C@H](OCCCCCNC(=O)OCc3ccccc3)O[C@@H]2CO[Si](C)(C)C(C)(C)C)[C@H](OC(C)=O)[C@@H](OC(C)=O)[C@H]1OCc1ccccc1. The molecule has 24 heteroatoms. The molecule has 2 aliphatic rings. The number of carbonyl (C=O) groups excluding carboxylic acids is 5. The molecule has 0 aromatic heterocycles. The van der Waals surface area contributed by atoms with Gasteiger partial charge in [-0.25, -0.2) is 14.4 Å². The van der Waals surface area contributed by atoms with Gasteiger partial charge in [-0.3, -0.25) is 9.59 Å². The second kappa shape index (κ2) is 29.7. The van der Waals surface area contributed by atoms with Gasteiger partial charge < -0.3 is 72.3 Å². The standard InChI is InChI=1S/C49H69Cl3N2O18Si/c1-9-24-62-47(60)65-28-35-40(63-26-33-19-13-10-14-20-33)41(68-31(2)55)42(69-32(3)56)44(71-35)72-39-36(29-67-73(7,8)48(4,5)6)70-43(37(38(39)57)54-46(59)66-30-49(50,51)52)61-25-18-12-17-23-53-45(58)64-27-34-21-15-11-16-22-34/h9-11,13-16,19-22,35-44,57H,1,12,17-18,23-30H2,2-8H3,(H,53,58)(H,54,59)/t35-,36-,37-,38-,39-,40+,41+,42-,43-,44+/m1/s1. The lowest BCUT2D eigenvalue weighted by Gasteiger charge is -2.49. The molecule has 2 aromatic rings. The Kier molecular flexibility index (Phi) is 25.0. The topological polar surface area (TPSA) is 240 Å². The molecular weight excluding hydrogens is 1040 g/mol. The summed E-state index contributed by atoms with van der Waals surface area (Å²) in [6.45, 7) is 14.7. The molecule has 20 nitrogen and oxygen atoms in total. The van der Waals surface area contributed by atoms with Crippen LogP contribution in [0, 0.1) is 0 Å². The number of halogens is 3. The van der Waals surface area contributed by atoms with Gasteiger partial charge in [0.25, 0.3) is 0 Å². The number of amides is 2. The normalized spacial score (nSPS) is 24.3. The number of aliphatic hydroxyl groups is 1. The third kappa shape index (κ3) is 21.1. The molecule has 2 amide bonds. The van der Waals surface area contributed by atoms with Crippen molar-refractivity contribution in [3.8, 4) is 0 Å². The van der Waals surface area contributed by atoms with Gasteiger partial charge in [0.2, 0.25) is 3.79 Å². The fraction of sp³-hybridized carbons (Fsp3) is 0.612. The number of alkyl halides is 3. The summed E-state index contributed by atoms with van der Waals surface area (Å²) in [5.74, 6) is -1.65. The van der Waals surface area contributed by atoms with Crippen LogP contribution in [-0.2, 0) is 79.3 Å². The van der Waals surface area contributed by atoms with Crippen LogP contribution >= 0.6 is 34.8 Å². The van der Waals surface area contributed by atoms with Crippen molar-refractivity contribution in [2.45, 2.75) is 150 Å². The summed E-state index contributed by atoms with van der Waals surface area (Å²) in [5.41, 5.74) is 1.56. The fourth-order valence-electron chi connectivity index (χ4n) is 7.12. The molecule has 4 rings (SSSR count). The zero-order valence-corrected chi connectivity index (χ0v) is 45.4. The van der Waals surface area contributed by atoms with E-state index >= 15 is 0 Å². The summed E-state index contributed by atoms with van der Waals surface area (Å²) in [7, 11) is -2.58. The highest BCUT2D eigenvalue weighted by Crippen LogP contribution is 2.39. The number of aliphatic hydroxyl groups excluding tert-OH is 1. The van der Waals surface area contributed by atoms with E-state index < -0.39 is 117 Å². The van der Waals surface area contributed by atoms with E-state index in [0.717, 1.165) is 19.4 Å². The van der Waals surface area contributed by atoms with Crippen molar-refractivity contribution in [3.63, 3.8) is 0 Å². The number of ether oxygens (including phenoxy) is 11. The lowest BCUT2D eigenvalue weighted by Crippen LogP contribution is -2.68. The Labute approximate surface area is 442 Å². The molecule has 2 heterocycles. The number of carbonyl (C=O) groups is 5. The fourth-order valence-corrected chi connectivity index (χ4v) is 8.30. The van der Waals surface area contributed by atoms with Gasteiger partial charge in [0.15, 0.2) is 33.1 Å². The van der Waals surface area contributed by atoms with Crippen molar-refractivity contribution in [1.82, 2.24) is 10.6 Å². The minimum atomic E-state index is -2.58. The first kappa shape index (κ1) is 61.3. The van der Waals surface area contributed by atoms with E-state index in [2.05, 4.69) is 17.2 Å². The van der Waals surface area contributed by atoms with Gasteiger partial charge in [-0.15, -0.1) is 0 Å². The van der Waals surface area contributed by atoms with Crippen LogP contribution in [0.4, 0.5) is 14.4 Å². The Hall–Kier alpha value is -4.26. The zero-order chi connectivity index (χ0) is 53.8. The third-order valence-corrected chi connectivity index (χ3v) is 16.6. The summed E-state index contributed by atoms with van der Waals surface area (Å²) in [5, 5.41) is 17.4. The van der Waals surface area contributed by atoms with Gasteiger partial charge in [-0.1, -0.05) is 129 Å². The van der Waals surface area contributed by atoms with Gasteiger partial charge in [0, 0.05) is 27.0 Å². The monoisotopic (exact) mass is 1110 g/mol. The van der Waals surface area contributed by atoms with Crippen molar-refractivity contribution in [2.24, 2.45) is 0 Å². The molecule has 3 N–H and O–H groups in total. The van der Waals surface area contributed by atoms with E-state index in [4.69, 9.17) is 91.3 Å². The molecule has 0 spiro atoms. The molecule has 2 aliphatic heterocycles. The largest absolute Gasteiger partial charge is 0.508 e. The van der Waals surface area contributed by atoms with Crippen molar-refractivity contribution >= 4 is 73.4 Å². The highest BCUT2D eigenvalue weighted by atomic mass is 35.6. The molecule has 0 unspecified atom stereocenters. The molecule has 2 saturated heterocycles. The maximum atomic E-state index is 13.3. The molecule has 10 atom stereocenters. The van der Waals surface area contributed by atoms with E-state index in [0.29, 0.717) is 31.4 Å². The Balaban J connectivity index is 1.66. The smallest absolute Gasteiger partial charge is 0.455 e. The summed E-state index contributed by atoms with van der Waals surface area (Å²) >= 11 is 17.6. The predicted octanol–water partition coefficient (Wildman–Crippen LogP) is 7.57. The number of hydrogen-bond donors (Lipinski definition) is 3. The number of esters is 2. The van der Waals surface area contributed by atoms with Gasteiger partial charge >= 0.3 is 30.3 Å². The number of benzene rings is 2. The lowest BCUT2D eigenvalue weighted by atomic mass is 9.95. The van der Waals surface area contributed by atoms with E-state index in [1.807, 2.05) is 70.3 Å². The Morgan fingerprint density at radius 2 is 1.33 bits per heavy atom. The zero-order valence-electron chi connectivity index (χ0n) is 42.1. The highest BCUT2D eigenvalue weighted by Gasteiger charge is 2.56. The minimum Gasteiger partial charge on any atom is -0.455 e. The first-order valence-corrected chi connectivity index (χ1v) is 27.8. The van der Waals surface area contributed by atoms with Crippen LogP contribution in [-0.4, -0.2) is 148 Å². The predicted molar refractivity (Wildman–Crippen MR) is 268 cm³/mol. The number of alkyl carbamates (subject to hydrolysis) is 2. The molecule has 73 heavy (non-hydrogen) atoms. The molecule has 0 aliphatic carbocycles. The van der Waals surface area contributed by atoms with Crippen LogP contribution in [0.1, 0.15) is 65.0 Å². The molecule has 2 aromatic carbocycles. The highest BCUT2D eigenvalue weighted by molar-refractivity contribution is 6.74. The molecule has 0 saturated carbocycles. The third-order valence-electron chi connectivity index (χ3n) is 11.8. The van der Waals surface area contributed by atoms with Gasteiger partial charge in [0.1, 0.15) is 63.0 Å². The summed E-state index contributed by atoms with van der Waals surface area (Å²) in [6, 6.07) is 16.8. The van der Waals surface area contributed by atoms with Crippen LogP contribution in [0.2, 0.25) is 18.1 Å². The Bertz CT molecular complexity index is 2050. The summed E-state index contributed by atoms with van der Waals surface area (Å²) < 4.78 is 69.3. The van der Waals surface area contributed by atoms with E-state index in [9.17, 15) is 29.1 Å². The van der Waals surface area contributed by atoms with Crippen LogP contribution in [0.15, 0.2) is 73.3 Å².